The van der Waals surface area contributed by atoms with E-state index in [1.54, 1.807) is 0 Å². The molecule has 0 saturated heterocycles. The van der Waals surface area contributed by atoms with Gasteiger partial charge < -0.3 is 24.8 Å². The van der Waals surface area contributed by atoms with E-state index in [4.69, 9.17) is 33.2 Å². The summed E-state index contributed by atoms with van der Waals surface area (Å²) in [6, 6.07) is 0. The summed E-state index contributed by atoms with van der Waals surface area (Å²) < 4.78 is 4.29. The van der Waals surface area contributed by atoms with Crippen molar-refractivity contribution in [2.24, 2.45) is 0 Å². The third kappa shape index (κ3) is 15.7. The van der Waals surface area contributed by atoms with E-state index in [1.807, 2.05) is 16.6 Å². The Balaban J connectivity index is -0.000000125. The molecule has 0 saturated carbocycles. The van der Waals surface area contributed by atoms with Crippen LogP contribution in [0.25, 0.3) is 0 Å². The van der Waals surface area contributed by atoms with Gasteiger partial charge in [-0.3, -0.25) is 0 Å². The maximum Gasteiger partial charge on any atom is -1.00 e. The summed E-state index contributed by atoms with van der Waals surface area (Å²) in [4.78, 5) is 0. The first kappa shape index (κ1) is 16.6. The number of hydrogen-bond acceptors (Lipinski definition) is 1. The Bertz CT molecular complexity index is 42.2. The van der Waals surface area contributed by atoms with Crippen molar-refractivity contribution in [3.63, 3.8) is 0 Å². The third-order valence-electron chi connectivity index (χ3n) is 0.134. The average Bonchev–Trinajstić information content (AvgIpc) is 1.35. The number of hydrogen-bond donors (Lipinski definition) is 0. The van der Waals surface area contributed by atoms with Crippen LogP contribution in [0.4, 0.5) is 0 Å². The monoisotopic (exact) mass is 246 g/mol. The maximum atomic E-state index is 5.14. The van der Waals surface area contributed by atoms with Crippen molar-refractivity contribution in [1.82, 2.24) is 0 Å². The molecule has 0 N–H and O–H groups in total. The van der Waals surface area contributed by atoms with Gasteiger partial charge in [-0.15, -0.1) is 0 Å². The molecule has 8 heavy (non-hydrogen) atoms. The maximum absolute atomic E-state index is 5.14. The Hall–Kier alpha value is 2.16. The largest absolute Gasteiger partial charge is 1.00 e. The Morgan fingerprint density at radius 2 is 1.25 bits per heavy atom. The summed E-state index contributed by atoms with van der Waals surface area (Å²) in [5.74, 6) is 0. The van der Waals surface area contributed by atoms with Gasteiger partial charge in [0.15, 0.2) is 0 Å². The molecule has 0 atom stereocenters. The van der Waals surface area contributed by atoms with Crippen LogP contribution >= 0.6 is 33.2 Å². The van der Waals surface area contributed by atoms with Crippen molar-refractivity contribution in [3.8, 4) is 0 Å². The van der Waals surface area contributed by atoms with Gasteiger partial charge in [0.25, 0.3) is 0 Å². The van der Waals surface area contributed by atoms with E-state index < -0.39 is 6.25 Å². The van der Waals surface area contributed by atoms with E-state index in [2.05, 4.69) is 3.48 Å². The van der Waals surface area contributed by atoms with Gasteiger partial charge in [-0.2, -0.15) is 0 Å². The smallest absolute Gasteiger partial charge is 1.00 e. The molecule has 0 aliphatic rings. The van der Waals surface area contributed by atoms with Crippen molar-refractivity contribution in [3.05, 3.63) is 0 Å². The van der Waals surface area contributed by atoms with E-state index in [0.29, 0.717) is 0 Å². The topological polar surface area (TPSA) is 9.23 Å². The van der Waals surface area contributed by atoms with E-state index >= 15 is 0 Å². The fraction of sp³-hybridized carbons (Fsp3) is 0. The molecule has 0 aromatic carbocycles. The Morgan fingerprint density at radius 3 is 1.25 bits per heavy atom. The fourth-order valence-electron chi connectivity index (χ4n) is 0. The minimum absolute atomic E-state index is 0. The van der Waals surface area contributed by atoms with Gasteiger partial charge in [0.2, 0.25) is 0 Å². The van der Waals surface area contributed by atoms with Crippen molar-refractivity contribution in [1.29, 1.82) is 0 Å². The summed E-state index contributed by atoms with van der Waals surface area (Å²) in [6.45, 7) is 0. The van der Waals surface area contributed by atoms with E-state index in [-0.39, 0.29) is 24.8 Å². The molecule has 0 aliphatic heterocycles. The third-order valence-corrected chi connectivity index (χ3v) is 3.61. The standard InChI is InChI=1S/Al.Cl3OSi.2ClH/c;1-5(2,3)4;;/h;;2*1H/q+3;-1;;/p-2. The minimum atomic E-state index is -2.75. The normalized spacial score (nSPS) is 9.12. The second-order valence-corrected chi connectivity index (χ2v) is 8.93. The van der Waals surface area contributed by atoms with Crippen molar-refractivity contribution >= 4 is 56.1 Å². The Labute approximate surface area is 83.8 Å². The quantitative estimate of drug-likeness (QED) is 0.334. The first-order valence-electron chi connectivity index (χ1n) is 1.01. The fourth-order valence-corrected chi connectivity index (χ4v) is 0. The van der Waals surface area contributed by atoms with Crippen LogP contribution < -0.4 is 24.8 Å². The van der Waals surface area contributed by atoms with Gasteiger partial charge in [0, 0.05) is 0 Å². The van der Waals surface area contributed by atoms with Crippen LogP contribution in [0, 0.1) is 0 Å². The molecule has 0 heterocycles. The molecule has 0 bridgehead atoms. The molecule has 0 radical (unpaired) electrons. The van der Waals surface area contributed by atoms with Gasteiger partial charge >= 0.3 is 59.6 Å². The van der Waals surface area contributed by atoms with Crippen molar-refractivity contribution in [2.45, 2.75) is 0 Å². The van der Waals surface area contributed by atoms with Gasteiger partial charge in [-0.1, -0.05) is 0 Å². The van der Waals surface area contributed by atoms with Crippen molar-refractivity contribution in [2.75, 3.05) is 0 Å². The van der Waals surface area contributed by atoms with Crippen LogP contribution in [0.1, 0.15) is 0 Å². The molecule has 0 amide bonds. The van der Waals surface area contributed by atoms with Gasteiger partial charge in [0.1, 0.15) is 0 Å². The van der Waals surface area contributed by atoms with Crippen LogP contribution in [0.2, 0.25) is 0 Å². The van der Waals surface area contributed by atoms with Crippen LogP contribution in [-0.2, 0) is 3.48 Å². The summed E-state index contributed by atoms with van der Waals surface area (Å²) in [6.07, 6.45) is -2.75. The molecule has 0 aromatic heterocycles. The Kier molecular flexibility index (Phi) is 15.1. The first-order chi connectivity index (χ1) is 2.56. The van der Waals surface area contributed by atoms with Gasteiger partial charge in [-0.05, 0) is 0 Å². The first-order valence-corrected chi connectivity index (χ1v) is 6.42. The molecule has 0 fully saturated rings. The van der Waals surface area contributed by atoms with Gasteiger partial charge in [-0.25, -0.2) is 0 Å². The summed E-state index contributed by atoms with van der Waals surface area (Å²) in [7, 11) is 0. The van der Waals surface area contributed by atoms with Crippen molar-refractivity contribution < 1.29 is 28.3 Å². The Morgan fingerprint density at radius 1 is 1.12 bits per heavy atom. The van der Waals surface area contributed by atoms with Crippen LogP contribution in [-0.4, -0.2) is 22.9 Å². The SMILES string of the molecule is [Al+2][O][Si](Cl)(Cl)Cl.[Cl-].[Cl-]. The molecular weight excluding hydrogens is 248 g/mol. The second-order valence-electron chi connectivity index (χ2n) is 0.564. The minimum Gasteiger partial charge on any atom is -1.00 e. The molecule has 0 aliphatic carbocycles. The van der Waals surface area contributed by atoms with E-state index in [9.17, 15) is 0 Å². The summed E-state index contributed by atoms with van der Waals surface area (Å²) in [5.41, 5.74) is 0. The molecular formula is AlCl5OSi. The second kappa shape index (κ2) is 7.27. The molecule has 0 aromatic rings. The zero-order valence-electron chi connectivity index (χ0n) is 3.38. The predicted molar refractivity (Wildman–Crippen MR) is 30.2 cm³/mol. The van der Waals surface area contributed by atoms with Crippen LogP contribution in [0.3, 0.4) is 0 Å². The van der Waals surface area contributed by atoms with E-state index in [0.717, 1.165) is 0 Å². The molecule has 0 spiro atoms. The van der Waals surface area contributed by atoms with Crippen LogP contribution in [0.5, 0.6) is 0 Å². The summed E-state index contributed by atoms with van der Waals surface area (Å²) in [5, 5.41) is 0. The van der Waals surface area contributed by atoms with Crippen LogP contribution in [0.15, 0.2) is 0 Å². The van der Waals surface area contributed by atoms with E-state index in [1.165, 1.54) is 0 Å². The summed E-state index contributed by atoms with van der Waals surface area (Å²) >= 11 is 17.3. The number of halogens is 5. The average molecular weight is 248 g/mol. The predicted octanol–water partition coefficient (Wildman–Crippen LogP) is -4.75. The number of rotatable bonds is 1. The molecule has 0 unspecified atom stereocenters. The molecule has 1 nitrogen and oxygen atoms in total. The zero-order chi connectivity index (χ0) is 5.21. The zero-order valence-corrected chi connectivity index (χ0v) is 9.31. The van der Waals surface area contributed by atoms with Gasteiger partial charge in [0.05, 0.1) is 0 Å². The molecule has 0 rings (SSSR count). The molecule has 8 heteroatoms. The molecule has 48 valence electrons.